The Hall–Kier alpha value is -1.31. The number of hydrogen-bond donors (Lipinski definition) is 0. The number of rotatable bonds is 3. The minimum Gasteiger partial charge on any atom is -0.465 e. The first-order chi connectivity index (χ1) is 7.22. The summed E-state index contributed by atoms with van der Waals surface area (Å²) in [5.41, 5.74) is 1.91. The normalized spacial score (nSPS) is 17.2. The molecule has 1 saturated carbocycles. The predicted molar refractivity (Wildman–Crippen MR) is 58.9 cm³/mol. The highest BCUT2D eigenvalue weighted by atomic mass is 16.5. The first-order valence-electron chi connectivity index (χ1n) is 5.40. The van der Waals surface area contributed by atoms with Crippen LogP contribution in [-0.2, 0) is 4.74 Å². The van der Waals surface area contributed by atoms with Crippen LogP contribution >= 0.6 is 0 Å². The summed E-state index contributed by atoms with van der Waals surface area (Å²) in [4.78, 5) is 11.4. The molecule has 0 spiro atoms. The number of benzene rings is 1. The SMILES string of the molecule is COC(=O)c1cccc([C@H](C)C2CC2)c1. The smallest absolute Gasteiger partial charge is 0.337 e. The van der Waals surface area contributed by atoms with E-state index in [9.17, 15) is 4.79 Å². The predicted octanol–water partition coefficient (Wildman–Crippen LogP) is 2.99. The average molecular weight is 204 g/mol. The summed E-state index contributed by atoms with van der Waals surface area (Å²) in [5.74, 6) is 1.13. The van der Waals surface area contributed by atoms with E-state index < -0.39 is 0 Å². The van der Waals surface area contributed by atoms with Gasteiger partial charge in [0, 0.05) is 0 Å². The van der Waals surface area contributed by atoms with E-state index in [1.54, 1.807) is 6.07 Å². The summed E-state index contributed by atoms with van der Waals surface area (Å²) in [5, 5.41) is 0. The third-order valence-corrected chi connectivity index (χ3v) is 3.16. The molecule has 1 aliphatic carbocycles. The first kappa shape index (κ1) is 10.2. The van der Waals surface area contributed by atoms with Gasteiger partial charge in [-0.05, 0) is 42.4 Å². The molecule has 1 atom stereocenters. The molecule has 0 bridgehead atoms. The fraction of sp³-hybridized carbons (Fsp3) is 0.462. The van der Waals surface area contributed by atoms with Crippen molar-refractivity contribution in [3.05, 3.63) is 35.4 Å². The van der Waals surface area contributed by atoms with Gasteiger partial charge < -0.3 is 4.74 Å². The zero-order chi connectivity index (χ0) is 10.8. The van der Waals surface area contributed by atoms with Crippen molar-refractivity contribution < 1.29 is 9.53 Å². The molecule has 2 nitrogen and oxygen atoms in total. The Labute approximate surface area is 90.3 Å². The van der Waals surface area contributed by atoms with Crippen LogP contribution in [0.25, 0.3) is 0 Å². The Morgan fingerprint density at radius 2 is 2.20 bits per heavy atom. The molecular weight excluding hydrogens is 188 g/mol. The number of ether oxygens (including phenoxy) is 1. The fourth-order valence-corrected chi connectivity index (χ4v) is 1.94. The molecule has 0 radical (unpaired) electrons. The number of hydrogen-bond acceptors (Lipinski definition) is 2. The molecule has 0 heterocycles. The summed E-state index contributed by atoms with van der Waals surface area (Å²) in [6.07, 6.45) is 2.65. The van der Waals surface area contributed by atoms with E-state index in [4.69, 9.17) is 4.74 Å². The quantitative estimate of drug-likeness (QED) is 0.707. The molecule has 1 aromatic rings. The maximum Gasteiger partial charge on any atom is 0.337 e. The van der Waals surface area contributed by atoms with Gasteiger partial charge in [0.05, 0.1) is 12.7 Å². The summed E-state index contributed by atoms with van der Waals surface area (Å²) in [7, 11) is 1.42. The Morgan fingerprint density at radius 1 is 1.47 bits per heavy atom. The number of carbonyl (C=O) groups is 1. The minimum absolute atomic E-state index is 0.250. The van der Waals surface area contributed by atoms with E-state index >= 15 is 0 Å². The second-order valence-corrected chi connectivity index (χ2v) is 4.24. The van der Waals surface area contributed by atoms with Crippen LogP contribution < -0.4 is 0 Å². The van der Waals surface area contributed by atoms with Crippen LogP contribution in [0.1, 0.15) is 41.6 Å². The summed E-state index contributed by atoms with van der Waals surface area (Å²) < 4.78 is 4.71. The molecule has 2 rings (SSSR count). The maximum absolute atomic E-state index is 11.4. The monoisotopic (exact) mass is 204 g/mol. The summed E-state index contributed by atoms with van der Waals surface area (Å²) in [6, 6.07) is 7.78. The molecule has 15 heavy (non-hydrogen) atoms. The Balaban J connectivity index is 2.21. The van der Waals surface area contributed by atoms with Gasteiger partial charge in [-0.1, -0.05) is 19.1 Å². The molecule has 0 saturated heterocycles. The average Bonchev–Trinajstić information content (AvgIpc) is 3.11. The van der Waals surface area contributed by atoms with E-state index in [0.29, 0.717) is 11.5 Å². The number of esters is 1. The van der Waals surface area contributed by atoms with Crippen LogP contribution in [0.5, 0.6) is 0 Å². The van der Waals surface area contributed by atoms with Gasteiger partial charge >= 0.3 is 5.97 Å². The zero-order valence-electron chi connectivity index (χ0n) is 9.19. The highest BCUT2D eigenvalue weighted by Crippen LogP contribution is 2.42. The molecule has 0 amide bonds. The van der Waals surface area contributed by atoms with E-state index in [1.807, 2.05) is 12.1 Å². The van der Waals surface area contributed by atoms with Crippen LogP contribution in [0.2, 0.25) is 0 Å². The van der Waals surface area contributed by atoms with Crippen molar-refractivity contribution >= 4 is 5.97 Å². The Morgan fingerprint density at radius 3 is 2.80 bits per heavy atom. The van der Waals surface area contributed by atoms with Crippen molar-refractivity contribution in [3.8, 4) is 0 Å². The Bertz CT molecular complexity index is 367. The van der Waals surface area contributed by atoms with Crippen LogP contribution in [0.15, 0.2) is 24.3 Å². The number of carbonyl (C=O) groups excluding carboxylic acids is 1. The standard InChI is InChI=1S/C13H16O2/c1-9(10-6-7-10)11-4-3-5-12(8-11)13(14)15-2/h3-5,8-10H,6-7H2,1-2H3/t9-/m1/s1. The third kappa shape index (κ3) is 2.20. The molecular formula is C13H16O2. The topological polar surface area (TPSA) is 26.3 Å². The molecule has 0 aromatic heterocycles. The lowest BCUT2D eigenvalue weighted by atomic mass is 9.95. The van der Waals surface area contributed by atoms with Crippen molar-refractivity contribution in [2.45, 2.75) is 25.7 Å². The molecule has 1 fully saturated rings. The lowest BCUT2D eigenvalue weighted by molar-refractivity contribution is 0.0600. The highest BCUT2D eigenvalue weighted by molar-refractivity contribution is 5.89. The highest BCUT2D eigenvalue weighted by Gasteiger charge is 2.29. The lowest BCUT2D eigenvalue weighted by Crippen LogP contribution is -2.03. The van der Waals surface area contributed by atoms with Crippen molar-refractivity contribution in [1.29, 1.82) is 0 Å². The van der Waals surface area contributed by atoms with Gasteiger partial charge in [-0.15, -0.1) is 0 Å². The van der Waals surface area contributed by atoms with Gasteiger partial charge in [0.2, 0.25) is 0 Å². The van der Waals surface area contributed by atoms with Crippen molar-refractivity contribution in [3.63, 3.8) is 0 Å². The third-order valence-electron chi connectivity index (χ3n) is 3.16. The molecule has 1 aliphatic rings. The van der Waals surface area contributed by atoms with Gasteiger partial charge in [-0.25, -0.2) is 4.79 Å². The van der Waals surface area contributed by atoms with Gasteiger partial charge in [-0.2, -0.15) is 0 Å². The summed E-state index contributed by atoms with van der Waals surface area (Å²) >= 11 is 0. The molecule has 0 unspecified atom stereocenters. The van der Waals surface area contributed by atoms with Crippen molar-refractivity contribution in [1.82, 2.24) is 0 Å². The van der Waals surface area contributed by atoms with E-state index in [1.165, 1.54) is 25.5 Å². The van der Waals surface area contributed by atoms with Crippen molar-refractivity contribution in [2.75, 3.05) is 7.11 Å². The summed E-state index contributed by atoms with van der Waals surface area (Å²) in [6.45, 7) is 2.23. The van der Waals surface area contributed by atoms with Crippen LogP contribution in [0.4, 0.5) is 0 Å². The fourth-order valence-electron chi connectivity index (χ4n) is 1.94. The van der Waals surface area contributed by atoms with Gasteiger partial charge in [-0.3, -0.25) is 0 Å². The van der Waals surface area contributed by atoms with Gasteiger partial charge in [0.25, 0.3) is 0 Å². The molecule has 0 N–H and O–H groups in total. The second kappa shape index (κ2) is 4.05. The maximum atomic E-state index is 11.4. The van der Waals surface area contributed by atoms with E-state index in [2.05, 4.69) is 13.0 Å². The molecule has 2 heteroatoms. The van der Waals surface area contributed by atoms with Crippen LogP contribution in [0, 0.1) is 5.92 Å². The molecule has 80 valence electrons. The zero-order valence-corrected chi connectivity index (χ0v) is 9.19. The Kier molecular flexibility index (Phi) is 2.76. The van der Waals surface area contributed by atoms with Crippen LogP contribution in [-0.4, -0.2) is 13.1 Å². The van der Waals surface area contributed by atoms with Crippen molar-refractivity contribution in [2.24, 2.45) is 5.92 Å². The minimum atomic E-state index is -0.250. The van der Waals surface area contributed by atoms with Gasteiger partial charge in [0.1, 0.15) is 0 Å². The van der Waals surface area contributed by atoms with Crippen LogP contribution in [0.3, 0.4) is 0 Å². The lowest BCUT2D eigenvalue weighted by Gasteiger charge is -2.11. The van der Waals surface area contributed by atoms with Gasteiger partial charge in [0.15, 0.2) is 0 Å². The number of methoxy groups -OCH3 is 1. The van der Waals surface area contributed by atoms with E-state index in [0.717, 1.165) is 5.92 Å². The second-order valence-electron chi connectivity index (χ2n) is 4.24. The largest absolute Gasteiger partial charge is 0.465 e. The van der Waals surface area contributed by atoms with E-state index in [-0.39, 0.29) is 5.97 Å². The molecule has 0 aliphatic heterocycles. The first-order valence-corrected chi connectivity index (χ1v) is 5.40. The molecule has 1 aromatic carbocycles.